The maximum Gasteiger partial charge on any atom is 0.244 e. The van der Waals surface area contributed by atoms with Gasteiger partial charge < -0.3 is 14.8 Å². The van der Waals surface area contributed by atoms with Gasteiger partial charge in [-0.05, 0) is 24.3 Å². The number of methoxy groups -OCH3 is 2. The summed E-state index contributed by atoms with van der Waals surface area (Å²) in [6.07, 6.45) is 0. The number of anilines is 1. The minimum Gasteiger partial charge on any atom is -0.497 e. The molecule has 7 nitrogen and oxygen atoms in total. The molecule has 0 aliphatic heterocycles. The second-order valence-corrected chi connectivity index (χ2v) is 6.72. The fraction of sp³-hybridized carbons (Fsp3) is 0.188. The number of sulfonamides is 1. The van der Waals surface area contributed by atoms with Crippen molar-refractivity contribution in [2.45, 2.75) is 4.90 Å². The molecule has 140 valence electrons. The van der Waals surface area contributed by atoms with Gasteiger partial charge >= 0.3 is 0 Å². The number of halogens is 2. The van der Waals surface area contributed by atoms with Gasteiger partial charge in [-0.25, -0.2) is 21.9 Å². The van der Waals surface area contributed by atoms with Gasteiger partial charge in [-0.15, -0.1) is 0 Å². The number of nitrogens with one attached hydrogen (secondary N) is 2. The van der Waals surface area contributed by atoms with Crippen LogP contribution in [0, 0.1) is 11.6 Å². The summed E-state index contributed by atoms with van der Waals surface area (Å²) in [6, 6.07) is 7.08. The number of ether oxygens (including phenoxy) is 2. The lowest BCUT2D eigenvalue weighted by Crippen LogP contribution is -2.33. The Balaban J connectivity index is 2.12. The highest BCUT2D eigenvalue weighted by molar-refractivity contribution is 7.89. The molecule has 26 heavy (non-hydrogen) atoms. The summed E-state index contributed by atoms with van der Waals surface area (Å²) in [4.78, 5) is 11.6. The van der Waals surface area contributed by atoms with Crippen molar-refractivity contribution in [1.82, 2.24) is 4.72 Å². The molecule has 2 rings (SSSR count). The number of carbonyl (C=O) groups excluding carboxylic acids is 1. The van der Waals surface area contributed by atoms with Gasteiger partial charge in [0.05, 0.1) is 20.8 Å². The highest BCUT2D eigenvalue weighted by Crippen LogP contribution is 2.28. The number of hydrogen-bond acceptors (Lipinski definition) is 5. The molecule has 0 unspecified atom stereocenters. The zero-order chi connectivity index (χ0) is 19.3. The van der Waals surface area contributed by atoms with Gasteiger partial charge in [0.2, 0.25) is 15.9 Å². The van der Waals surface area contributed by atoms with Crippen LogP contribution in [0.2, 0.25) is 0 Å². The van der Waals surface area contributed by atoms with Crippen LogP contribution in [0.5, 0.6) is 11.5 Å². The first-order valence-electron chi connectivity index (χ1n) is 7.24. The topological polar surface area (TPSA) is 93.7 Å². The van der Waals surface area contributed by atoms with E-state index in [1.807, 2.05) is 10.0 Å². The maximum atomic E-state index is 13.5. The Hall–Kier alpha value is -2.72. The fourth-order valence-electron chi connectivity index (χ4n) is 2.04. The average Bonchev–Trinajstić information content (AvgIpc) is 2.62. The largest absolute Gasteiger partial charge is 0.497 e. The van der Waals surface area contributed by atoms with E-state index in [1.165, 1.54) is 32.4 Å². The average molecular weight is 386 g/mol. The van der Waals surface area contributed by atoms with Crippen molar-refractivity contribution in [3.63, 3.8) is 0 Å². The normalized spacial score (nSPS) is 11.1. The van der Waals surface area contributed by atoms with E-state index in [-0.39, 0.29) is 10.6 Å². The number of rotatable bonds is 7. The van der Waals surface area contributed by atoms with Gasteiger partial charge in [0.1, 0.15) is 33.7 Å². The summed E-state index contributed by atoms with van der Waals surface area (Å²) in [7, 11) is -1.43. The molecule has 2 aromatic carbocycles. The number of para-hydroxylation sites is 1. The number of carbonyl (C=O) groups is 1. The molecule has 0 saturated heterocycles. The number of benzene rings is 2. The Morgan fingerprint density at radius 2 is 1.73 bits per heavy atom. The van der Waals surface area contributed by atoms with Crippen molar-refractivity contribution in [1.29, 1.82) is 0 Å². The first-order valence-corrected chi connectivity index (χ1v) is 8.72. The molecule has 0 aliphatic rings. The quantitative estimate of drug-likeness (QED) is 0.758. The summed E-state index contributed by atoms with van der Waals surface area (Å²) in [5.41, 5.74) is -0.654. The monoisotopic (exact) mass is 386 g/mol. The lowest BCUT2D eigenvalue weighted by Gasteiger charge is -2.12. The van der Waals surface area contributed by atoms with E-state index in [1.54, 1.807) is 0 Å². The van der Waals surface area contributed by atoms with E-state index >= 15 is 0 Å². The minimum absolute atomic E-state index is 0.0115. The first-order chi connectivity index (χ1) is 12.3. The van der Waals surface area contributed by atoms with Crippen LogP contribution >= 0.6 is 0 Å². The molecule has 0 spiro atoms. The molecule has 0 aromatic heterocycles. The molecule has 0 heterocycles. The van der Waals surface area contributed by atoms with Crippen LogP contribution in [0.3, 0.4) is 0 Å². The third kappa shape index (κ3) is 4.46. The van der Waals surface area contributed by atoms with Gasteiger partial charge in [0.25, 0.3) is 0 Å². The Morgan fingerprint density at radius 3 is 2.31 bits per heavy atom. The van der Waals surface area contributed by atoms with Crippen molar-refractivity contribution >= 4 is 21.6 Å². The van der Waals surface area contributed by atoms with Crippen molar-refractivity contribution in [2.75, 3.05) is 26.1 Å². The summed E-state index contributed by atoms with van der Waals surface area (Å²) in [5, 5.41) is 1.98. The SMILES string of the molecule is COc1ccc(S(=O)(=O)NCC(=O)Nc2c(F)cccc2F)c(OC)c1. The molecule has 0 atom stereocenters. The molecule has 10 heteroatoms. The van der Waals surface area contributed by atoms with Crippen molar-refractivity contribution in [2.24, 2.45) is 0 Å². The zero-order valence-corrected chi connectivity index (χ0v) is 14.7. The molecule has 1 amide bonds. The Bertz CT molecular complexity index is 899. The molecule has 0 bridgehead atoms. The summed E-state index contributed by atoms with van der Waals surface area (Å²) < 4.78 is 63.7. The Labute approximate surface area is 149 Å². The van der Waals surface area contributed by atoms with Crippen LogP contribution in [0.15, 0.2) is 41.3 Å². The highest BCUT2D eigenvalue weighted by atomic mass is 32.2. The van der Waals surface area contributed by atoms with Crippen LogP contribution in [0.1, 0.15) is 0 Å². The Kier molecular flexibility index (Phi) is 6.11. The molecular formula is C16H16F2N2O5S. The van der Waals surface area contributed by atoms with E-state index < -0.39 is 39.8 Å². The van der Waals surface area contributed by atoms with Gasteiger partial charge in [-0.3, -0.25) is 4.79 Å². The third-order valence-corrected chi connectivity index (χ3v) is 4.75. The Morgan fingerprint density at radius 1 is 1.08 bits per heavy atom. The predicted molar refractivity (Wildman–Crippen MR) is 89.7 cm³/mol. The molecular weight excluding hydrogens is 370 g/mol. The predicted octanol–water partition coefficient (Wildman–Crippen LogP) is 1.90. The second kappa shape index (κ2) is 8.11. The summed E-state index contributed by atoms with van der Waals surface area (Å²) in [5.74, 6) is -2.49. The summed E-state index contributed by atoms with van der Waals surface area (Å²) >= 11 is 0. The summed E-state index contributed by atoms with van der Waals surface area (Å²) in [6.45, 7) is -0.731. The van der Waals surface area contributed by atoms with Crippen LogP contribution in [0.4, 0.5) is 14.5 Å². The van der Waals surface area contributed by atoms with Crippen LogP contribution < -0.4 is 19.5 Å². The van der Waals surface area contributed by atoms with Crippen molar-refractivity contribution in [3.05, 3.63) is 48.0 Å². The van der Waals surface area contributed by atoms with Gasteiger partial charge in [0.15, 0.2) is 0 Å². The minimum atomic E-state index is -4.11. The first kappa shape index (κ1) is 19.6. The maximum absolute atomic E-state index is 13.5. The molecule has 0 saturated carbocycles. The molecule has 0 fully saturated rings. The standard InChI is InChI=1S/C16H16F2N2O5S/c1-24-10-6-7-14(13(8-10)25-2)26(22,23)19-9-15(21)20-16-11(17)4-3-5-12(16)18/h3-8,19H,9H2,1-2H3,(H,20,21). The van der Waals surface area contributed by atoms with Gasteiger partial charge in [0, 0.05) is 6.07 Å². The van der Waals surface area contributed by atoms with E-state index in [0.717, 1.165) is 18.2 Å². The lowest BCUT2D eigenvalue weighted by atomic mass is 10.3. The van der Waals surface area contributed by atoms with Crippen molar-refractivity contribution < 1.29 is 31.5 Å². The van der Waals surface area contributed by atoms with Crippen molar-refractivity contribution in [3.8, 4) is 11.5 Å². The smallest absolute Gasteiger partial charge is 0.244 e. The highest BCUT2D eigenvalue weighted by Gasteiger charge is 2.21. The van der Waals surface area contributed by atoms with Crippen LogP contribution in [-0.4, -0.2) is 35.1 Å². The molecule has 2 N–H and O–H groups in total. The number of amides is 1. The second-order valence-electron chi connectivity index (χ2n) is 4.99. The molecule has 2 aromatic rings. The molecule has 0 radical (unpaired) electrons. The molecule has 0 aliphatic carbocycles. The van der Waals surface area contributed by atoms with Gasteiger partial charge in [-0.1, -0.05) is 6.07 Å². The van der Waals surface area contributed by atoms with E-state index in [0.29, 0.717) is 5.75 Å². The zero-order valence-electron chi connectivity index (χ0n) is 13.9. The van der Waals surface area contributed by atoms with E-state index in [4.69, 9.17) is 9.47 Å². The fourth-order valence-corrected chi connectivity index (χ4v) is 3.17. The number of hydrogen-bond donors (Lipinski definition) is 2. The van der Waals surface area contributed by atoms with Crippen LogP contribution in [0.25, 0.3) is 0 Å². The van der Waals surface area contributed by atoms with E-state index in [9.17, 15) is 22.0 Å². The lowest BCUT2D eigenvalue weighted by molar-refractivity contribution is -0.115. The van der Waals surface area contributed by atoms with E-state index in [2.05, 4.69) is 0 Å². The third-order valence-electron chi connectivity index (χ3n) is 3.31. The van der Waals surface area contributed by atoms with Crippen LogP contribution in [-0.2, 0) is 14.8 Å². The van der Waals surface area contributed by atoms with Gasteiger partial charge in [-0.2, -0.15) is 0 Å².